The molecule has 0 radical (unpaired) electrons. The van der Waals surface area contributed by atoms with Crippen molar-refractivity contribution in [3.63, 3.8) is 0 Å². The number of amides is 1. The van der Waals surface area contributed by atoms with E-state index in [0.29, 0.717) is 0 Å². The Kier molecular flexibility index (Phi) is 1.68. The van der Waals surface area contributed by atoms with Crippen LogP contribution in [0.3, 0.4) is 0 Å². The molecule has 0 aromatic heterocycles. The molecule has 1 fully saturated rings. The SMILES string of the molecule is C[C@@H]1OCC(=O)NC1(C)C. The molecule has 1 rings (SSSR count). The summed E-state index contributed by atoms with van der Waals surface area (Å²) in [7, 11) is 0. The zero-order valence-electron chi connectivity index (χ0n) is 6.60. The van der Waals surface area contributed by atoms with Crippen LogP contribution in [0.4, 0.5) is 0 Å². The summed E-state index contributed by atoms with van der Waals surface area (Å²) in [6.07, 6.45) is 0.102. The molecular weight excluding hydrogens is 130 g/mol. The van der Waals surface area contributed by atoms with Crippen LogP contribution in [0.1, 0.15) is 20.8 Å². The number of rotatable bonds is 0. The van der Waals surface area contributed by atoms with Gasteiger partial charge in [0.05, 0.1) is 11.6 Å². The van der Waals surface area contributed by atoms with E-state index in [1.807, 2.05) is 20.8 Å². The zero-order chi connectivity index (χ0) is 7.78. The highest BCUT2D eigenvalue weighted by atomic mass is 16.5. The summed E-state index contributed by atoms with van der Waals surface area (Å²) in [6, 6.07) is 0. The van der Waals surface area contributed by atoms with E-state index in [9.17, 15) is 4.79 Å². The number of hydrogen-bond acceptors (Lipinski definition) is 2. The van der Waals surface area contributed by atoms with Crippen LogP contribution in [0.2, 0.25) is 0 Å². The van der Waals surface area contributed by atoms with Crippen LogP contribution in [0.5, 0.6) is 0 Å². The van der Waals surface area contributed by atoms with Gasteiger partial charge in [-0.05, 0) is 20.8 Å². The Hall–Kier alpha value is -0.570. The number of carbonyl (C=O) groups excluding carboxylic acids is 1. The molecule has 1 N–H and O–H groups in total. The van der Waals surface area contributed by atoms with Crippen molar-refractivity contribution >= 4 is 5.91 Å². The second kappa shape index (κ2) is 2.23. The van der Waals surface area contributed by atoms with Gasteiger partial charge in [0.15, 0.2) is 0 Å². The fraction of sp³-hybridized carbons (Fsp3) is 0.857. The normalized spacial score (nSPS) is 31.5. The molecule has 3 nitrogen and oxygen atoms in total. The molecule has 1 heterocycles. The van der Waals surface area contributed by atoms with E-state index < -0.39 is 0 Å². The highest BCUT2D eigenvalue weighted by Crippen LogP contribution is 2.15. The summed E-state index contributed by atoms with van der Waals surface area (Å²) in [5.74, 6) is -0.0249. The lowest BCUT2D eigenvalue weighted by atomic mass is 9.97. The van der Waals surface area contributed by atoms with Gasteiger partial charge in [-0.3, -0.25) is 4.79 Å². The zero-order valence-corrected chi connectivity index (χ0v) is 6.60. The average molecular weight is 143 g/mol. The van der Waals surface area contributed by atoms with Gasteiger partial charge in [0.2, 0.25) is 5.91 Å². The lowest BCUT2D eigenvalue weighted by Crippen LogP contribution is -2.57. The quantitative estimate of drug-likeness (QED) is 0.529. The second-order valence-corrected chi connectivity index (χ2v) is 3.22. The number of morpholine rings is 1. The van der Waals surface area contributed by atoms with E-state index in [0.717, 1.165) is 0 Å². The molecule has 0 saturated carbocycles. The van der Waals surface area contributed by atoms with Crippen molar-refractivity contribution in [2.75, 3.05) is 6.61 Å². The summed E-state index contributed by atoms with van der Waals surface area (Å²) in [5, 5.41) is 2.84. The van der Waals surface area contributed by atoms with Crippen LogP contribution in [-0.4, -0.2) is 24.2 Å². The smallest absolute Gasteiger partial charge is 0.246 e. The molecule has 1 aliphatic heterocycles. The van der Waals surface area contributed by atoms with Crippen LogP contribution < -0.4 is 5.32 Å². The Morgan fingerprint density at radius 2 is 2.30 bits per heavy atom. The number of carbonyl (C=O) groups is 1. The molecule has 3 heteroatoms. The van der Waals surface area contributed by atoms with Gasteiger partial charge in [0, 0.05) is 0 Å². The highest BCUT2D eigenvalue weighted by Gasteiger charge is 2.32. The first-order valence-electron chi connectivity index (χ1n) is 3.45. The fourth-order valence-electron chi connectivity index (χ4n) is 0.906. The van der Waals surface area contributed by atoms with Crippen molar-refractivity contribution in [1.82, 2.24) is 5.32 Å². The average Bonchev–Trinajstić information content (AvgIpc) is 1.78. The Balaban J connectivity index is 2.63. The monoisotopic (exact) mass is 143 g/mol. The summed E-state index contributed by atoms with van der Waals surface area (Å²) < 4.78 is 5.19. The van der Waals surface area contributed by atoms with Crippen molar-refractivity contribution in [1.29, 1.82) is 0 Å². The summed E-state index contributed by atoms with van der Waals surface area (Å²) in [6.45, 7) is 6.06. The number of nitrogens with one attached hydrogen (secondary N) is 1. The Morgan fingerprint density at radius 3 is 2.70 bits per heavy atom. The highest BCUT2D eigenvalue weighted by molar-refractivity contribution is 5.78. The van der Waals surface area contributed by atoms with Gasteiger partial charge in [0.25, 0.3) is 0 Å². The third kappa shape index (κ3) is 1.29. The predicted octanol–water partition coefficient (Wildman–Crippen LogP) is 0.300. The third-order valence-corrected chi connectivity index (χ3v) is 1.94. The van der Waals surface area contributed by atoms with Crippen LogP contribution in [-0.2, 0) is 9.53 Å². The van der Waals surface area contributed by atoms with E-state index >= 15 is 0 Å². The van der Waals surface area contributed by atoms with E-state index in [-0.39, 0.29) is 24.2 Å². The summed E-state index contributed by atoms with van der Waals surface area (Å²) in [4.78, 5) is 10.8. The Bertz CT molecular complexity index is 154. The van der Waals surface area contributed by atoms with Crippen molar-refractivity contribution in [2.45, 2.75) is 32.4 Å². The molecule has 0 aromatic carbocycles. The first-order valence-corrected chi connectivity index (χ1v) is 3.45. The summed E-state index contributed by atoms with van der Waals surface area (Å²) >= 11 is 0. The van der Waals surface area contributed by atoms with Gasteiger partial charge >= 0.3 is 0 Å². The van der Waals surface area contributed by atoms with Gasteiger partial charge < -0.3 is 10.1 Å². The summed E-state index contributed by atoms with van der Waals surface area (Å²) in [5.41, 5.74) is -0.213. The molecular formula is C7H13NO2. The minimum Gasteiger partial charge on any atom is -0.366 e. The van der Waals surface area contributed by atoms with Gasteiger partial charge in [-0.25, -0.2) is 0 Å². The Labute approximate surface area is 60.7 Å². The number of ether oxygens (including phenoxy) is 1. The van der Waals surface area contributed by atoms with Crippen LogP contribution in [0.25, 0.3) is 0 Å². The number of hydrogen-bond donors (Lipinski definition) is 1. The third-order valence-electron chi connectivity index (χ3n) is 1.94. The molecule has 1 saturated heterocycles. The van der Waals surface area contributed by atoms with E-state index in [1.165, 1.54) is 0 Å². The van der Waals surface area contributed by atoms with E-state index in [2.05, 4.69) is 5.32 Å². The lowest BCUT2D eigenvalue weighted by Gasteiger charge is -2.36. The first-order chi connectivity index (χ1) is 4.52. The molecule has 1 amide bonds. The predicted molar refractivity (Wildman–Crippen MR) is 37.6 cm³/mol. The first kappa shape index (κ1) is 7.54. The standard InChI is InChI=1S/C7H13NO2/c1-5-7(2,3)8-6(9)4-10-5/h5H,4H2,1-3H3,(H,8,9)/t5-/m0/s1. The minimum atomic E-state index is -0.213. The van der Waals surface area contributed by atoms with Gasteiger partial charge in [-0.1, -0.05) is 0 Å². The molecule has 58 valence electrons. The maximum absolute atomic E-state index is 10.8. The lowest BCUT2D eigenvalue weighted by molar-refractivity contribution is -0.140. The molecule has 0 spiro atoms. The molecule has 0 aromatic rings. The van der Waals surface area contributed by atoms with Crippen LogP contribution in [0.15, 0.2) is 0 Å². The van der Waals surface area contributed by atoms with Crippen molar-refractivity contribution < 1.29 is 9.53 Å². The van der Waals surface area contributed by atoms with Crippen LogP contribution >= 0.6 is 0 Å². The molecule has 0 unspecified atom stereocenters. The van der Waals surface area contributed by atoms with Gasteiger partial charge in [0.1, 0.15) is 6.61 Å². The molecule has 10 heavy (non-hydrogen) atoms. The molecule has 0 aliphatic carbocycles. The van der Waals surface area contributed by atoms with Crippen molar-refractivity contribution in [3.8, 4) is 0 Å². The molecule has 1 atom stereocenters. The van der Waals surface area contributed by atoms with E-state index in [4.69, 9.17) is 4.74 Å². The maximum Gasteiger partial charge on any atom is 0.246 e. The molecule has 0 bridgehead atoms. The van der Waals surface area contributed by atoms with Gasteiger partial charge in [-0.2, -0.15) is 0 Å². The Morgan fingerprint density at radius 1 is 1.70 bits per heavy atom. The van der Waals surface area contributed by atoms with Crippen molar-refractivity contribution in [2.24, 2.45) is 0 Å². The van der Waals surface area contributed by atoms with E-state index in [1.54, 1.807) is 0 Å². The molecule has 1 aliphatic rings. The van der Waals surface area contributed by atoms with Crippen LogP contribution in [0, 0.1) is 0 Å². The largest absolute Gasteiger partial charge is 0.366 e. The maximum atomic E-state index is 10.8. The van der Waals surface area contributed by atoms with Gasteiger partial charge in [-0.15, -0.1) is 0 Å². The fourth-order valence-corrected chi connectivity index (χ4v) is 0.906. The van der Waals surface area contributed by atoms with Crippen molar-refractivity contribution in [3.05, 3.63) is 0 Å². The topological polar surface area (TPSA) is 38.3 Å². The minimum absolute atomic E-state index is 0.0249. The second-order valence-electron chi connectivity index (χ2n) is 3.22.